The summed E-state index contributed by atoms with van der Waals surface area (Å²) in [5.41, 5.74) is 3.30. The van der Waals surface area contributed by atoms with Gasteiger partial charge in [0.25, 0.3) is 0 Å². The maximum atomic E-state index is 5.24. The molecule has 1 heterocycles. The number of hydrogen-bond acceptors (Lipinski definition) is 4. The zero-order valence-corrected chi connectivity index (χ0v) is 12.0. The van der Waals surface area contributed by atoms with Crippen molar-refractivity contribution in [3.05, 3.63) is 30.2 Å². The van der Waals surface area contributed by atoms with Gasteiger partial charge in [0, 0.05) is 17.3 Å². The first-order valence-corrected chi connectivity index (χ1v) is 6.75. The van der Waals surface area contributed by atoms with E-state index >= 15 is 0 Å². The number of rotatable bonds is 5. The average Bonchev–Trinajstić information content (AvgIpc) is 2.94. The van der Waals surface area contributed by atoms with E-state index < -0.39 is 0 Å². The molecule has 0 aliphatic heterocycles. The van der Waals surface area contributed by atoms with Crippen molar-refractivity contribution in [2.24, 2.45) is 5.92 Å². The number of anilines is 1. The lowest BCUT2D eigenvalue weighted by molar-refractivity contribution is 0.494. The van der Waals surface area contributed by atoms with Crippen LogP contribution in [-0.2, 0) is 0 Å². The van der Waals surface area contributed by atoms with Crippen LogP contribution in [0.2, 0.25) is 0 Å². The number of hydrogen-bond donors (Lipinski definition) is 1. The minimum absolute atomic E-state index is 0.432. The third-order valence-electron chi connectivity index (χ3n) is 3.73. The molecule has 2 aromatic rings. The Balaban J connectivity index is 2.23. The fourth-order valence-electron chi connectivity index (χ4n) is 1.95. The minimum atomic E-state index is 0.432. The van der Waals surface area contributed by atoms with Crippen LogP contribution in [0.25, 0.3) is 11.5 Å². The van der Waals surface area contributed by atoms with Gasteiger partial charge in [0.05, 0.1) is 0 Å². The van der Waals surface area contributed by atoms with Crippen molar-refractivity contribution in [2.45, 2.75) is 40.2 Å². The average molecular weight is 259 g/mol. The molecule has 0 bridgehead atoms. The fourth-order valence-corrected chi connectivity index (χ4v) is 1.95. The van der Waals surface area contributed by atoms with Crippen LogP contribution in [0.5, 0.6) is 0 Å². The second-order valence-electron chi connectivity index (χ2n) is 5.09. The quantitative estimate of drug-likeness (QED) is 0.885. The molecule has 4 nitrogen and oxygen atoms in total. The maximum absolute atomic E-state index is 5.24. The molecule has 2 rings (SSSR count). The zero-order chi connectivity index (χ0) is 13.8. The van der Waals surface area contributed by atoms with E-state index in [1.165, 1.54) is 12.0 Å². The number of aryl methyl sites for hydroxylation is 1. The lowest BCUT2D eigenvalue weighted by atomic mass is 10.00. The maximum Gasteiger partial charge on any atom is 0.247 e. The lowest BCUT2D eigenvalue weighted by Crippen LogP contribution is -2.23. The Morgan fingerprint density at radius 2 is 2.11 bits per heavy atom. The van der Waals surface area contributed by atoms with Gasteiger partial charge in [-0.15, -0.1) is 10.2 Å². The van der Waals surface area contributed by atoms with E-state index in [0.29, 0.717) is 17.9 Å². The molecule has 0 saturated heterocycles. The van der Waals surface area contributed by atoms with Crippen molar-refractivity contribution in [2.75, 3.05) is 5.32 Å². The minimum Gasteiger partial charge on any atom is -0.423 e. The van der Waals surface area contributed by atoms with Crippen molar-refractivity contribution in [3.8, 4) is 11.5 Å². The normalized spacial score (nSPS) is 14.1. The van der Waals surface area contributed by atoms with Crippen molar-refractivity contribution in [1.82, 2.24) is 10.2 Å². The van der Waals surface area contributed by atoms with Gasteiger partial charge >= 0.3 is 0 Å². The third-order valence-corrected chi connectivity index (χ3v) is 3.73. The molecule has 1 aromatic heterocycles. The first-order valence-electron chi connectivity index (χ1n) is 6.75. The van der Waals surface area contributed by atoms with Gasteiger partial charge in [0.15, 0.2) is 0 Å². The number of nitrogens with zero attached hydrogens (tertiary/aromatic N) is 2. The van der Waals surface area contributed by atoms with Crippen LogP contribution in [0.1, 0.15) is 32.8 Å². The van der Waals surface area contributed by atoms with Crippen molar-refractivity contribution in [3.63, 3.8) is 0 Å². The van der Waals surface area contributed by atoms with Crippen molar-refractivity contribution < 1.29 is 4.42 Å². The van der Waals surface area contributed by atoms with E-state index in [9.17, 15) is 0 Å². The van der Waals surface area contributed by atoms with E-state index in [1.54, 1.807) is 0 Å². The molecule has 0 spiro atoms. The molecule has 2 atom stereocenters. The second kappa shape index (κ2) is 5.87. The fraction of sp³-hybridized carbons (Fsp3) is 0.467. The smallest absolute Gasteiger partial charge is 0.247 e. The predicted molar refractivity (Wildman–Crippen MR) is 77.0 cm³/mol. The monoisotopic (exact) mass is 259 g/mol. The molecular formula is C15H21N3O. The van der Waals surface area contributed by atoms with Gasteiger partial charge in [-0.25, -0.2) is 0 Å². The van der Waals surface area contributed by atoms with E-state index in [1.807, 2.05) is 6.07 Å². The SMILES string of the molecule is CCC(C)C(C)Nc1cc(-c2nnco2)ccc1C. The summed E-state index contributed by atoms with van der Waals surface area (Å²) in [6.45, 7) is 8.79. The van der Waals surface area contributed by atoms with Crippen LogP contribution in [0.3, 0.4) is 0 Å². The Kier molecular flexibility index (Phi) is 4.20. The lowest BCUT2D eigenvalue weighted by Gasteiger charge is -2.22. The summed E-state index contributed by atoms with van der Waals surface area (Å²) in [6.07, 6.45) is 2.51. The standard InChI is InChI=1S/C15H21N3O/c1-5-10(2)12(4)17-14-8-13(7-6-11(14)3)15-18-16-9-19-15/h6-10,12,17H,5H2,1-4H3. The van der Waals surface area contributed by atoms with Gasteiger partial charge in [-0.2, -0.15) is 0 Å². The van der Waals surface area contributed by atoms with Gasteiger partial charge in [0.2, 0.25) is 12.3 Å². The molecule has 0 radical (unpaired) electrons. The largest absolute Gasteiger partial charge is 0.423 e. The summed E-state index contributed by atoms with van der Waals surface area (Å²) in [7, 11) is 0. The molecular weight excluding hydrogens is 238 g/mol. The van der Waals surface area contributed by atoms with Crippen LogP contribution in [0, 0.1) is 12.8 Å². The highest BCUT2D eigenvalue weighted by atomic mass is 16.4. The summed E-state index contributed by atoms with van der Waals surface area (Å²) in [5, 5.41) is 11.2. The molecule has 2 unspecified atom stereocenters. The summed E-state index contributed by atoms with van der Waals surface area (Å²) in [5.74, 6) is 1.19. The highest BCUT2D eigenvalue weighted by Gasteiger charge is 2.12. The summed E-state index contributed by atoms with van der Waals surface area (Å²) in [4.78, 5) is 0. The Hall–Kier alpha value is -1.84. The number of aromatic nitrogens is 2. The summed E-state index contributed by atoms with van der Waals surface area (Å²) >= 11 is 0. The first kappa shape index (κ1) is 13.6. The van der Waals surface area contributed by atoms with E-state index in [-0.39, 0.29) is 0 Å². The highest BCUT2D eigenvalue weighted by Crippen LogP contribution is 2.25. The molecule has 0 aliphatic rings. The van der Waals surface area contributed by atoms with Crippen LogP contribution in [0.15, 0.2) is 29.0 Å². The van der Waals surface area contributed by atoms with Crippen LogP contribution in [-0.4, -0.2) is 16.2 Å². The van der Waals surface area contributed by atoms with Gasteiger partial charge in [-0.3, -0.25) is 0 Å². The topological polar surface area (TPSA) is 51.0 Å². The molecule has 0 fully saturated rings. The Labute approximate surface area is 114 Å². The number of nitrogens with one attached hydrogen (secondary N) is 1. The molecule has 0 saturated carbocycles. The third kappa shape index (κ3) is 3.13. The molecule has 0 amide bonds. The van der Waals surface area contributed by atoms with Crippen molar-refractivity contribution >= 4 is 5.69 Å². The van der Waals surface area contributed by atoms with E-state index in [0.717, 1.165) is 17.7 Å². The molecule has 0 aliphatic carbocycles. The van der Waals surface area contributed by atoms with Crippen LogP contribution in [0.4, 0.5) is 5.69 Å². The van der Waals surface area contributed by atoms with Gasteiger partial charge < -0.3 is 9.73 Å². The second-order valence-corrected chi connectivity index (χ2v) is 5.09. The molecule has 102 valence electrons. The first-order chi connectivity index (χ1) is 9.11. The van der Waals surface area contributed by atoms with Gasteiger partial charge in [-0.1, -0.05) is 26.3 Å². The Morgan fingerprint density at radius 3 is 2.74 bits per heavy atom. The summed E-state index contributed by atoms with van der Waals surface area (Å²) < 4.78 is 5.24. The Bertz CT molecular complexity index is 522. The molecule has 1 N–H and O–H groups in total. The predicted octanol–water partition coefficient (Wildman–Crippen LogP) is 3.89. The van der Waals surface area contributed by atoms with Gasteiger partial charge in [-0.05, 0) is 37.5 Å². The van der Waals surface area contributed by atoms with Gasteiger partial charge in [0.1, 0.15) is 0 Å². The Morgan fingerprint density at radius 1 is 1.32 bits per heavy atom. The summed E-state index contributed by atoms with van der Waals surface area (Å²) in [6, 6.07) is 6.58. The molecule has 19 heavy (non-hydrogen) atoms. The zero-order valence-electron chi connectivity index (χ0n) is 12.0. The van der Waals surface area contributed by atoms with E-state index in [2.05, 4.69) is 55.3 Å². The molecule has 4 heteroatoms. The van der Waals surface area contributed by atoms with E-state index in [4.69, 9.17) is 4.42 Å². The van der Waals surface area contributed by atoms with Crippen LogP contribution < -0.4 is 5.32 Å². The van der Waals surface area contributed by atoms with Crippen LogP contribution >= 0.6 is 0 Å². The highest BCUT2D eigenvalue weighted by molar-refractivity contribution is 5.64. The molecule has 1 aromatic carbocycles. The number of benzene rings is 1. The van der Waals surface area contributed by atoms with Crippen molar-refractivity contribution in [1.29, 1.82) is 0 Å².